The third-order valence-electron chi connectivity index (χ3n) is 4.32. The van der Waals surface area contributed by atoms with Gasteiger partial charge in [-0.1, -0.05) is 36.4 Å². The molecule has 2 aromatic rings. The van der Waals surface area contributed by atoms with Crippen molar-refractivity contribution in [2.45, 2.75) is 25.3 Å². The Kier molecular flexibility index (Phi) is 4.81. The van der Waals surface area contributed by atoms with E-state index in [2.05, 4.69) is 17.1 Å². The number of carbonyl (C=O) groups excluding carboxylic acids is 1. The van der Waals surface area contributed by atoms with Crippen LogP contribution in [0.1, 0.15) is 24.8 Å². The highest BCUT2D eigenvalue weighted by Crippen LogP contribution is 2.39. The number of methoxy groups -OCH3 is 1. The van der Waals surface area contributed by atoms with Crippen LogP contribution in [0, 0.1) is 0 Å². The van der Waals surface area contributed by atoms with Crippen molar-refractivity contribution in [3.05, 3.63) is 60.2 Å². The van der Waals surface area contributed by atoms with Crippen LogP contribution in [0.3, 0.4) is 0 Å². The van der Waals surface area contributed by atoms with Crippen molar-refractivity contribution in [1.29, 1.82) is 0 Å². The summed E-state index contributed by atoms with van der Waals surface area (Å²) in [7, 11) is 1.43. The summed E-state index contributed by atoms with van der Waals surface area (Å²) >= 11 is 5.64. The molecule has 3 rings (SSSR count). The molecule has 0 saturated carbocycles. The van der Waals surface area contributed by atoms with Gasteiger partial charge in [0.1, 0.15) is 0 Å². The fourth-order valence-corrected chi connectivity index (χ4v) is 3.59. The van der Waals surface area contributed by atoms with Crippen molar-refractivity contribution in [2.75, 3.05) is 17.3 Å². The number of thiocarbonyl (C=S) groups is 1. The number of anilines is 2. The number of para-hydroxylation sites is 2. The number of ether oxygens (including phenoxy) is 1. The summed E-state index contributed by atoms with van der Waals surface area (Å²) in [6.07, 6.45) is 0.667. The van der Waals surface area contributed by atoms with Gasteiger partial charge in [0.05, 0.1) is 13.0 Å². The van der Waals surface area contributed by atoms with Crippen LogP contribution in [0.2, 0.25) is 0 Å². The molecule has 1 heterocycles. The molecule has 0 amide bonds. The van der Waals surface area contributed by atoms with Gasteiger partial charge in [-0.2, -0.15) is 0 Å². The molecule has 0 radical (unpaired) electrons. The van der Waals surface area contributed by atoms with Gasteiger partial charge in [-0.3, -0.25) is 4.79 Å². The molecule has 24 heavy (non-hydrogen) atoms. The first-order chi connectivity index (χ1) is 11.6. The van der Waals surface area contributed by atoms with Gasteiger partial charge in [-0.05, 0) is 49.3 Å². The third kappa shape index (κ3) is 3.12. The second-order valence-corrected chi connectivity index (χ2v) is 6.27. The largest absolute Gasteiger partial charge is 0.469 e. The van der Waals surface area contributed by atoms with Crippen molar-refractivity contribution in [2.24, 2.45) is 0 Å². The molecular weight excluding hydrogens is 320 g/mol. The minimum atomic E-state index is -0.253. The summed E-state index contributed by atoms with van der Waals surface area (Å²) in [5, 5.41) is 3.91. The first-order valence-electron chi connectivity index (χ1n) is 7.94. The van der Waals surface area contributed by atoms with Crippen LogP contribution in [0.25, 0.3) is 0 Å². The van der Waals surface area contributed by atoms with Gasteiger partial charge in [0.2, 0.25) is 0 Å². The molecule has 2 atom stereocenters. The second-order valence-electron chi connectivity index (χ2n) is 5.89. The second kappa shape index (κ2) is 7.01. The molecule has 4 nitrogen and oxygen atoms in total. The number of rotatable bonds is 2. The molecule has 1 N–H and O–H groups in total. The van der Waals surface area contributed by atoms with E-state index in [0.717, 1.165) is 16.9 Å². The Bertz CT molecular complexity index is 748. The zero-order chi connectivity index (χ0) is 17.1. The van der Waals surface area contributed by atoms with E-state index in [0.29, 0.717) is 11.5 Å². The minimum absolute atomic E-state index is 0.0905. The molecule has 2 aromatic carbocycles. The molecule has 0 aromatic heterocycles. The highest BCUT2D eigenvalue weighted by Gasteiger charge is 2.36. The summed E-state index contributed by atoms with van der Waals surface area (Å²) in [5.74, 6) is -0.451. The average molecular weight is 340 g/mol. The third-order valence-corrected chi connectivity index (χ3v) is 4.62. The lowest BCUT2D eigenvalue weighted by atomic mass is 9.86. The molecule has 5 heteroatoms. The molecule has 1 aliphatic heterocycles. The van der Waals surface area contributed by atoms with E-state index in [4.69, 9.17) is 17.0 Å². The zero-order valence-electron chi connectivity index (χ0n) is 13.7. The van der Waals surface area contributed by atoms with Crippen molar-refractivity contribution in [3.8, 4) is 0 Å². The Morgan fingerprint density at radius 1 is 1.17 bits per heavy atom. The average Bonchev–Trinajstić information content (AvgIpc) is 2.61. The number of hydrogen-bond donors (Lipinski definition) is 1. The Morgan fingerprint density at radius 2 is 1.83 bits per heavy atom. The van der Waals surface area contributed by atoms with Gasteiger partial charge >= 0.3 is 5.97 Å². The Hall–Kier alpha value is -2.40. The Labute approximate surface area is 147 Å². The predicted molar refractivity (Wildman–Crippen MR) is 100 cm³/mol. The molecule has 0 spiro atoms. The van der Waals surface area contributed by atoms with E-state index in [1.165, 1.54) is 7.11 Å². The van der Waals surface area contributed by atoms with E-state index in [1.807, 2.05) is 54.6 Å². The van der Waals surface area contributed by atoms with Crippen LogP contribution in [0.15, 0.2) is 54.6 Å². The standard InChI is InChI=1S/C19H20N2O2S/c1-13-12-16(18(22)23-2)15-10-6-7-11-17(15)21(13)19(24)20-14-8-4-3-5-9-14/h3-11,13,16H,12H2,1-2H3,(H,20,24). The lowest BCUT2D eigenvalue weighted by Crippen LogP contribution is -2.46. The predicted octanol–water partition coefficient (Wildman–Crippen LogP) is 3.94. The molecule has 0 bridgehead atoms. The van der Waals surface area contributed by atoms with E-state index >= 15 is 0 Å². The smallest absolute Gasteiger partial charge is 0.313 e. The maximum atomic E-state index is 12.2. The Morgan fingerprint density at radius 3 is 2.54 bits per heavy atom. The van der Waals surface area contributed by atoms with Gasteiger partial charge in [-0.15, -0.1) is 0 Å². The van der Waals surface area contributed by atoms with E-state index < -0.39 is 0 Å². The number of benzene rings is 2. The lowest BCUT2D eigenvalue weighted by Gasteiger charge is -2.39. The molecule has 124 valence electrons. The molecular formula is C19H20N2O2S. The maximum Gasteiger partial charge on any atom is 0.313 e. The summed E-state index contributed by atoms with van der Waals surface area (Å²) in [5.41, 5.74) is 2.86. The van der Waals surface area contributed by atoms with Crippen LogP contribution in [-0.2, 0) is 9.53 Å². The van der Waals surface area contributed by atoms with Crippen LogP contribution < -0.4 is 10.2 Å². The van der Waals surface area contributed by atoms with Crippen molar-refractivity contribution >= 4 is 34.7 Å². The monoisotopic (exact) mass is 340 g/mol. The molecule has 0 aliphatic carbocycles. The fourth-order valence-electron chi connectivity index (χ4n) is 3.19. The summed E-state index contributed by atoms with van der Waals surface area (Å²) < 4.78 is 4.98. The normalized spacial score (nSPS) is 19.3. The van der Waals surface area contributed by atoms with Crippen molar-refractivity contribution < 1.29 is 9.53 Å². The van der Waals surface area contributed by atoms with Gasteiger partial charge in [0, 0.05) is 17.4 Å². The number of fused-ring (bicyclic) bond motifs is 1. The first-order valence-corrected chi connectivity index (χ1v) is 8.34. The van der Waals surface area contributed by atoms with E-state index in [1.54, 1.807) is 0 Å². The topological polar surface area (TPSA) is 41.6 Å². The van der Waals surface area contributed by atoms with Gasteiger partial charge in [0.15, 0.2) is 5.11 Å². The highest BCUT2D eigenvalue weighted by atomic mass is 32.1. The minimum Gasteiger partial charge on any atom is -0.469 e. The van der Waals surface area contributed by atoms with E-state index in [9.17, 15) is 4.79 Å². The maximum absolute atomic E-state index is 12.2. The quantitative estimate of drug-likeness (QED) is 0.662. The van der Waals surface area contributed by atoms with E-state index in [-0.39, 0.29) is 17.9 Å². The molecule has 0 fully saturated rings. The number of nitrogens with one attached hydrogen (secondary N) is 1. The summed E-state index contributed by atoms with van der Waals surface area (Å²) in [4.78, 5) is 14.2. The number of nitrogens with zero attached hydrogens (tertiary/aromatic N) is 1. The Balaban J connectivity index is 1.93. The number of hydrogen-bond acceptors (Lipinski definition) is 3. The highest BCUT2D eigenvalue weighted by molar-refractivity contribution is 7.80. The molecule has 1 aliphatic rings. The van der Waals surface area contributed by atoms with Crippen LogP contribution in [-0.4, -0.2) is 24.2 Å². The summed E-state index contributed by atoms with van der Waals surface area (Å²) in [6.45, 7) is 2.07. The van der Waals surface area contributed by atoms with Crippen molar-refractivity contribution in [1.82, 2.24) is 0 Å². The number of carbonyl (C=O) groups is 1. The zero-order valence-corrected chi connectivity index (χ0v) is 14.5. The van der Waals surface area contributed by atoms with Crippen molar-refractivity contribution in [3.63, 3.8) is 0 Å². The lowest BCUT2D eigenvalue weighted by molar-refractivity contribution is -0.142. The molecule has 0 saturated heterocycles. The van der Waals surface area contributed by atoms with Crippen LogP contribution in [0.5, 0.6) is 0 Å². The van der Waals surface area contributed by atoms with Gasteiger partial charge < -0.3 is 15.0 Å². The SMILES string of the molecule is COC(=O)C1CC(C)N(C(=S)Nc2ccccc2)c2ccccc21. The fraction of sp³-hybridized carbons (Fsp3) is 0.263. The van der Waals surface area contributed by atoms with Gasteiger partial charge in [-0.25, -0.2) is 0 Å². The van der Waals surface area contributed by atoms with Gasteiger partial charge in [0.25, 0.3) is 0 Å². The first kappa shape index (κ1) is 16.5. The molecule has 2 unspecified atom stereocenters. The summed E-state index contributed by atoms with van der Waals surface area (Å²) in [6, 6.07) is 17.8. The number of esters is 1. The van der Waals surface area contributed by atoms with Crippen LogP contribution in [0.4, 0.5) is 11.4 Å². The van der Waals surface area contributed by atoms with Crippen LogP contribution >= 0.6 is 12.2 Å².